The first-order chi connectivity index (χ1) is 21.2. The number of rotatable bonds is 10. The molecule has 7 nitrogen and oxygen atoms in total. The molecule has 5 rings (SSSR count). The molecule has 0 aliphatic heterocycles. The molecule has 1 heterocycles. The van der Waals surface area contributed by atoms with Gasteiger partial charge in [-0.15, -0.1) is 0 Å². The molecule has 0 saturated carbocycles. The standard InChI is InChI=1S/C36H36IN3O4/c1-7-43-33-18-26(17-30(37)34(33)44-21-25-14-12-23(4)13-15-25)20-38-40-35(39-31-11-9-8-10-27(31)36(40)41)29-19-28(22(2)3)32(42-6)16-24(29)5/h8-20,22H,7,21H2,1-6H3. The molecule has 0 radical (unpaired) electrons. The van der Waals surface area contributed by atoms with Crippen molar-refractivity contribution in [2.45, 2.75) is 47.1 Å². The summed E-state index contributed by atoms with van der Waals surface area (Å²) in [5, 5.41) is 5.21. The van der Waals surface area contributed by atoms with Crippen LogP contribution in [-0.2, 0) is 6.61 Å². The van der Waals surface area contributed by atoms with E-state index in [1.807, 2.05) is 50.2 Å². The molecule has 0 saturated heterocycles. The number of para-hydroxylation sites is 1. The molecule has 8 heteroatoms. The number of fused-ring (bicyclic) bond motifs is 1. The van der Waals surface area contributed by atoms with Gasteiger partial charge in [-0.2, -0.15) is 9.78 Å². The number of nitrogens with zero attached hydrogens (tertiary/aromatic N) is 3. The summed E-state index contributed by atoms with van der Waals surface area (Å²) in [5.41, 5.74) is 6.19. The smallest absolute Gasteiger partial charge is 0.282 e. The second kappa shape index (κ2) is 13.6. The van der Waals surface area contributed by atoms with Crippen molar-refractivity contribution in [3.05, 3.63) is 115 Å². The lowest BCUT2D eigenvalue weighted by Crippen LogP contribution is -2.21. The Morgan fingerprint density at radius 2 is 1.73 bits per heavy atom. The summed E-state index contributed by atoms with van der Waals surface area (Å²) in [7, 11) is 1.67. The molecule has 44 heavy (non-hydrogen) atoms. The quantitative estimate of drug-likeness (QED) is 0.108. The van der Waals surface area contributed by atoms with Gasteiger partial charge in [-0.1, -0.05) is 55.8 Å². The highest BCUT2D eigenvalue weighted by molar-refractivity contribution is 14.1. The van der Waals surface area contributed by atoms with Crippen LogP contribution in [0.2, 0.25) is 0 Å². The van der Waals surface area contributed by atoms with E-state index >= 15 is 0 Å². The van der Waals surface area contributed by atoms with E-state index in [1.54, 1.807) is 19.4 Å². The highest BCUT2D eigenvalue weighted by atomic mass is 127. The summed E-state index contributed by atoms with van der Waals surface area (Å²) in [6.45, 7) is 11.1. The Labute approximate surface area is 271 Å². The Morgan fingerprint density at radius 1 is 0.977 bits per heavy atom. The molecular formula is C36H36IN3O4. The van der Waals surface area contributed by atoms with Gasteiger partial charge in [0.15, 0.2) is 17.3 Å². The predicted molar refractivity (Wildman–Crippen MR) is 186 cm³/mol. The molecule has 0 bridgehead atoms. The highest BCUT2D eigenvalue weighted by Crippen LogP contribution is 2.36. The van der Waals surface area contributed by atoms with Gasteiger partial charge in [0.2, 0.25) is 0 Å². The molecule has 0 amide bonds. The number of hydrogen-bond acceptors (Lipinski definition) is 6. The van der Waals surface area contributed by atoms with Gasteiger partial charge in [-0.05, 0) is 108 Å². The first kappa shape index (κ1) is 31.3. The van der Waals surface area contributed by atoms with Crippen LogP contribution in [0.1, 0.15) is 54.5 Å². The third-order valence-corrected chi connectivity index (χ3v) is 8.15. The molecule has 0 spiro atoms. The van der Waals surface area contributed by atoms with E-state index in [1.165, 1.54) is 10.2 Å². The fraction of sp³-hybridized carbons (Fsp3) is 0.250. The number of methoxy groups -OCH3 is 1. The van der Waals surface area contributed by atoms with Crippen molar-refractivity contribution in [3.8, 4) is 28.6 Å². The zero-order valence-corrected chi connectivity index (χ0v) is 28.0. The number of halogens is 1. The van der Waals surface area contributed by atoms with Crippen molar-refractivity contribution < 1.29 is 14.2 Å². The largest absolute Gasteiger partial charge is 0.496 e. The Bertz CT molecular complexity index is 1900. The molecule has 0 aliphatic carbocycles. The van der Waals surface area contributed by atoms with Crippen molar-refractivity contribution in [2.75, 3.05) is 13.7 Å². The molecule has 0 fully saturated rings. The van der Waals surface area contributed by atoms with Crippen LogP contribution in [-0.4, -0.2) is 29.6 Å². The van der Waals surface area contributed by atoms with E-state index in [2.05, 4.69) is 73.7 Å². The van der Waals surface area contributed by atoms with Crippen LogP contribution in [0.4, 0.5) is 0 Å². The van der Waals surface area contributed by atoms with E-state index in [-0.39, 0.29) is 11.5 Å². The van der Waals surface area contributed by atoms with E-state index in [0.29, 0.717) is 41.4 Å². The third kappa shape index (κ3) is 6.65. The molecular weight excluding hydrogens is 665 g/mol. The van der Waals surface area contributed by atoms with Crippen molar-refractivity contribution in [1.29, 1.82) is 0 Å². The summed E-state index contributed by atoms with van der Waals surface area (Å²) in [4.78, 5) is 18.8. The van der Waals surface area contributed by atoms with E-state index < -0.39 is 0 Å². The summed E-state index contributed by atoms with van der Waals surface area (Å²) in [5.74, 6) is 2.77. The SMILES string of the molecule is CCOc1cc(C=Nn2c(-c3cc(C(C)C)c(OC)cc3C)nc3ccccc3c2=O)cc(I)c1OCc1ccc(C)cc1. The van der Waals surface area contributed by atoms with Crippen LogP contribution >= 0.6 is 22.6 Å². The maximum absolute atomic E-state index is 13.9. The molecule has 0 aliphatic rings. The van der Waals surface area contributed by atoms with Crippen LogP contribution in [0.25, 0.3) is 22.3 Å². The first-order valence-corrected chi connectivity index (χ1v) is 15.7. The van der Waals surface area contributed by atoms with Gasteiger partial charge < -0.3 is 14.2 Å². The monoisotopic (exact) mass is 701 g/mol. The second-order valence-corrected chi connectivity index (χ2v) is 12.1. The minimum atomic E-state index is -0.249. The summed E-state index contributed by atoms with van der Waals surface area (Å²) in [6.07, 6.45) is 1.66. The summed E-state index contributed by atoms with van der Waals surface area (Å²) in [6, 6.07) is 23.5. The van der Waals surface area contributed by atoms with Gasteiger partial charge in [0, 0.05) is 5.56 Å². The first-order valence-electron chi connectivity index (χ1n) is 14.6. The molecule has 4 aromatic carbocycles. The zero-order valence-electron chi connectivity index (χ0n) is 25.8. The lowest BCUT2D eigenvalue weighted by Gasteiger charge is -2.17. The van der Waals surface area contributed by atoms with Crippen LogP contribution < -0.4 is 19.8 Å². The fourth-order valence-electron chi connectivity index (χ4n) is 5.00. The van der Waals surface area contributed by atoms with Gasteiger partial charge in [-0.25, -0.2) is 4.98 Å². The lowest BCUT2D eigenvalue weighted by atomic mass is 9.96. The summed E-state index contributed by atoms with van der Waals surface area (Å²) >= 11 is 2.25. The number of aromatic nitrogens is 2. The maximum atomic E-state index is 13.9. The van der Waals surface area contributed by atoms with Crippen molar-refractivity contribution in [2.24, 2.45) is 5.10 Å². The number of benzene rings is 4. The fourth-order valence-corrected chi connectivity index (χ4v) is 5.78. The highest BCUT2D eigenvalue weighted by Gasteiger charge is 2.19. The van der Waals surface area contributed by atoms with Gasteiger partial charge in [0.05, 0.1) is 34.4 Å². The van der Waals surface area contributed by atoms with Crippen LogP contribution in [0, 0.1) is 17.4 Å². The van der Waals surface area contributed by atoms with Gasteiger partial charge in [-0.3, -0.25) is 4.79 Å². The average Bonchev–Trinajstić information content (AvgIpc) is 3.01. The van der Waals surface area contributed by atoms with Crippen LogP contribution in [0.5, 0.6) is 17.2 Å². The van der Waals surface area contributed by atoms with E-state index in [4.69, 9.17) is 24.3 Å². The minimum absolute atomic E-state index is 0.208. The minimum Gasteiger partial charge on any atom is -0.496 e. The average molecular weight is 702 g/mol. The van der Waals surface area contributed by atoms with E-state index in [9.17, 15) is 4.79 Å². The van der Waals surface area contributed by atoms with Gasteiger partial charge in [0.1, 0.15) is 12.4 Å². The van der Waals surface area contributed by atoms with E-state index in [0.717, 1.165) is 37.1 Å². The Morgan fingerprint density at radius 3 is 2.43 bits per heavy atom. The molecule has 226 valence electrons. The van der Waals surface area contributed by atoms with Gasteiger partial charge in [0.25, 0.3) is 5.56 Å². The predicted octanol–water partition coefficient (Wildman–Crippen LogP) is 8.28. The molecule has 1 aromatic heterocycles. The number of hydrogen-bond donors (Lipinski definition) is 0. The number of aryl methyl sites for hydroxylation is 2. The van der Waals surface area contributed by atoms with Crippen molar-refractivity contribution in [1.82, 2.24) is 9.66 Å². The van der Waals surface area contributed by atoms with Crippen molar-refractivity contribution in [3.63, 3.8) is 0 Å². The van der Waals surface area contributed by atoms with Gasteiger partial charge >= 0.3 is 0 Å². The molecule has 0 atom stereocenters. The zero-order chi connectivity index (χ0) is 31.4. The number of ether oxygens (including phenoxy) is 3. The Balaban J connectivity index is 1.59. The van der Waals surface area contributed by atoms with Crippen LogP contribution in [0.15, 0.2) is 82.7 Å². The molecule has 0 N–H and O–H groups in total. The Hall–Kier alpha value is -4.18. The topological polar surface area (TPSA) is 74.9 Å². The third-order valence-electron chi connectivity index (χ3n) is 7.35. The normalized spacial score (nSPS) is 11.5. The Kier molecular flexibility index (Phi) is 9.68. The van der Waals surface area contributed by atoms with Crippen molar-refractivity contribution >= 4 is 39.7 Å². The molecule has 5 aromatic rings. The maximum Gasteiger partial charge on any atom is 0.282 e. The summed E-state index contributed by atoms with van der Waals surface area (Å²) < 4.78 is 20.1. The lowest BCUT2D eigenvalue weighted by molar-refractivity contribution is 0.267. The second-order valence-electron chi connectivity index (χ2n) is 10.9. The molecule has 0 unspecified atom stereocenters. The van der Waals surface area contributed by atoms with Crippen LogP contribution in [0.3, 0.4) is 0 Å².